The fourth-order valence-corrected chi connectivity index (χ4v) is 1.14. The van der Waals surface area contributed by atoms with Gasteiger partial charge < -0.3 is 10.4 Å². The van der Waals surface area contributed by atoms with Gasteiger partial charge in [0.05, 0.1) is 0 Å². The van der Waals surface area contributed by atoms with Crippen molar-refractivity contribution in [1.82, 2.24) is 5.32 Å². The molecule has 0 aliphatic heterocycles. The fourth-order valence-electron chi connectivity index (χ4n) is 1.14. The third-order valence-corrected chi connectivity index (χ3v) is 1.96. The van der Waals surface area contributed by atoms with Crippen molar-refractivity contribution in [3.8, 4) is 0 Å². The van der Waals surface area contributed by atoms with Crippen LogP contribution in [0, 0.1) is 5.82 Å². The molecule has 0 heterocycles. The van der Waals surface area contributed by atoms with E-state index in [1.165, 1.54) is 24.3 Å². The lowest BCUT2D eigenvalue weighted by Crippen LogP contribution is -2.24. The Morgan fingerprint density at radius 1 is 1.25 bits per heavy atom. The summed E-state index contributed by atoms with van der Waals surface area (Å²) in [6, 6.07) is 5.15. The van der Waals surface area contributed by atoms with Crippen LogP contribution in [0.4, 0.5) is 4.39 Å². The predicted molar refractivity (Wildman–Crippen MR) is 55.6 cm³/mol. The van der Waals surface area contributed by atoms with E-state index in [9.17, 15) is 14.0 Å². The van der Waals surface area contributed by atoms with Crippen LogP contribution in [0.15, 0.2) is 24.3 Å². The van der Waals surface area contributed by atoms with Crippen molar-refractivity contribution in [3.05, 3.63) is 35.6 Å². The van der Waals surface area contributed by atoms with E-state index in [0.29, 0.717) is 18.5 Å². The molecule has 0 unspecified atom stereocenters. The van der Waals surface area contributed by atoms with Crippen LogP contribution in [-0.2, 0) is 4.79 Å². The zero-order chi connectivity index (χ0) is 12.0. The van der Waals surface area contributed by atoms with Crippen LogP contribution in [0.5, 0.6) is 0 Å². The number of nitrogens with one attached hydrogen (secondary N) is 1. The summed E-state index contributed by atoms with van der Waals surface area (Å²) in [4.78, 5) is 21.6. The number of carboxylic acids is 1. The molecule has 0 aromatic heterocycles. The Hall–Kier alpha value is -1.91. The van der Waals surface area contributed by atoms with Gasteiger partial charge in [-0.05, 0) is 30.7 Å². The number of rotatable bonds is 5. The highest BCUT2D eigenvalue weighted by Crippen LogP contribution is 2.02. The number of benzene rings is 1. The molecule has 2 N–H and O–H groups in total. The number of hydrogen-bond acceptors (Lipinski definition) is 2. The highest BCUT2D eigenvalue weighted by molar-refractivity contribution is 5.94. The standard InChI is InChI=1S/C11H12FNO3/c12-9-5-3-8(4-6-9)11(16)13-7-1-2-10(14)15/h3-6H,1-2,7H2,(H,13,16)(H,14,15). The minimum atomic E-state index is -0.893. The first-order valence-corrected chi connectivity index (χ1v) is 4.85. The van der Waals surface area contributed by atoms with Gasteiger partial charge in [-0.1, -0.05) is 0 Å². The van der Waals surface area contributed by atoms with E-state index < -0.39 is 11.8 Å². The molecule has 1 aromatic rings. The number of carbonyl (C=O) groups is 2. The van der Waals surface area contributed by atoms with Crippen LogP contribution < -0.4 is 5.32 Å². The Balaban J connectivity index is 2.35. The smallest absolute Gasteiger partial charge is 0.303 e. The van der Waals surface area contributed by atoms with Crippen molar-refractivity contribution in [2.24, 2.45) is 0 Å². The van der Waals surface area contributed by atoms with Gasteiger partial charge >= 0.3 is 5.97 Å². The van der Waals surface area contributed by atoms with Crippen LogP contribution in [0.2, 0.25) is 0 Å². The summed E-state index contributed by atoms with van der Waals surface area (Å²) >= 11 is 0. The van der Waals surface area contributed by atoms with Gasteiger partial charge in [0.1, 0.15) is 5.82 Å². The third-order valence-electron chi connectivity index (χ3n) is 1.96. The molecule has 1 amide bonds. The molecule has 16 heavy (non-hydrogen) atoms. The van der Waals surface area contributed by atoms with Gasteiger partial charge in [0, 0.05) is 18.5 Å². The first-order chi connectivity index (χ1) is 7.59. The third kappa shape index (κ3) is 4.08. The number of halogens is 1. The zero-order valence-electron chi connectivity index (χ0n) is 8.57. The van der Waals surface area contributed by atoms with E-state index in [-0.39, 0.29) is 12.3 Å². The van der Waals surface area contributed by atoms with Crippen molar-refractivity contribution in [3.63, 3.8) is 0 Å². The van der Waals surface area contributed by atoms with E-state index in [4.69, 9.17) is 5.11 Å². The minimum absolute atomic E-state index is 0.0176. The lowest BCUT2D eigenvalue weighted by Gasteiger charge is -2.03. The molecular formula is C11H12FNO3. The van der Waals surface area contributed by atoms with E-state index in [0.717, 1.165) is 0 Å². The monoisotopic (exact) mass is 225 g/mol. The second-order valence-electron chi connectivity index (χ2n) is 3.26. The van der Waals surface area contributed by atoms with Crippen LogP contribution >= 0.6 is 0 Å². The lowest BCUT2D eigenvalue weighted by atomic mass is 10.2. The number of hydrogen-bond donors (Lipinski definition) is 2. The molecule has 5 heteroatoms. The highest BCUT2D eigenvalue weighted by atomic mass is 19.1. The van der Waals surface area contributed by atoms with Gasteiger partial charge in [0.25, 0.3) is 5.91 Å². The van der Waals surface area contributed by atoms with Gasteiger partial charge in [-0.25, -0.2) is 4.39 Å². The summed E-state index contributed by atoms with van der Waals surface area (Å²) in [5.74, 6) is -1.62. The first-order valence-electron chi connectivity index (χ1n) is 4.85. The number of carboxylic acid groups (broad SMARTS) is 1. The Morgan fingerprint density at radius 2 is 1.88 bits per heavy atom. The number of amides is 1. The topological polar surface area (TPSA) is 66.4 Å². The number of aliphatic carboxylic acids is 1. The zero-order valence-corrected chi connectivity index (χ0v) is 8.57. The largest absolute Gasteiger partial charge is 0.481 e. The fraction of sp³-hybridized carbons (Fsp3) is 0.273. The Labute approximate surface area is 92.1 Å². The summed E-state index contributed by atoms with van der Waals surface area (Å²) in [7, 11) is 0. The average Bonchev–Trinajstić information content (AvgIpc) is 2.25. The van der Waals surface area contributed by atoms with E-state index in [1.54, 1.807) is 0 Å². The Morgan fingerprint density at radius 3 is 2.44 bits per heavy atom. The van der Waals surface area contributed by atoms with Crippen LogP contribution in [0.1, 0.15) is 23.2 Å². The Bertz CT molecular complexity index is 375. The molecule has 0 spiro atoms. The summed E-state index contributed by atoms with van der Waals surface area (Å²) in [5.41, 5.74) is 0.358. The van der Waals surface area contributed by atoms with Crippen molar-refractivity contribution in [2.75, 3.05) is 6.54 Å². The molecule has 1 rings (SSSR count). The highest BCUT2D eigenvalue weighted by Gasteiger charge is 2.04. The second-order valence-corrected chi connectivity index (χ2v) is 3.26. The summed E-state index contributed by atoms with van der Waals surface area (Å²) in [6.07, 6.45) is 0.395. The summed E-state index contributed by atoms with van der Waals surface area (Å²) in [5, 5.41) is 10.9. The molecule has 86 valence electrons. The molecule has 0 saturated carbocycles. The SMILES string of the molecule is O=C(O)CCCNC(=O)c1ccc(F)cc1. The van der Waals surface area contributed by atoms with E-state index in [1.807, 2.05) is 0 Å². The van der Waals surface area contributed by atoms with Crippen molar-refractivity contribution in [1.29, 1.82) is 0 Å². The van der Waals surface area contributed by atoms with Gasteiger partial charge in [0.2, 0.25) is 0 Å². The normalized spacial score (nSPS) is 9.81. The van der Waals surface area contributed by atoms with E-state index >= 15 is 0 Å². The molecule has 0 radical (unpaired) electrons. The minimum Gasteiger partial charge on any atom is -0.481 e. The molecule has 0 bridgehead atoms. The van der Waals surface area contributed by atoms with E-state index in [2.05, 4.69) is 5.32 Å². The summed E-state index contributed by atoms with van der Waals surface area (Å²) in [6.45, 7) is 0.294. The molecule has 1 aromatic carbocycles. The van der Waals surface area contributed by atoms with Crippen LogP contribution in [-0.4, -0.2) is 23.5 Å². The molecule has 0 fully saturated rings. The van der Waals surface area contributed by atoms with Crippen molar-refractivity contribution < 1.29 is 19.1 Å². The average molecular weight is 225 g/mol. The molecule has 0 saturated heterocycles. The molecular weight excluding hydrogens is 213 g/mol. The number of carbonyl (C=O) groups excluding carboxylic acids is 1. The molecule has 0 atom stereocenters. The van der Waals surface area contributed by atoms with Crippen LogP contribution in [0.25, 0.3) is 0 Å². The molecule has 0 aliphatic carbocycles. The second kappa shape index (κ2) is 5.85. The van der Waals surface area contributed by atoms with Crippen LogP contribution in [0.3, 0.4) is 0 Å². The maximum Gasteiger partial charge on any atom is 0.303 e. The lowest BCUT2D eigenvalue weighted by molar-refractivity contribution is -0.137. The van der Waals surface area contributed by atoms with Gasteiger partial charge in [-0.2, -0.15) is 0 Å². The maximum atomic E-state index is 12.5. The van der Waals surface area contributed by atoms with Crippen molar-refractivity contribution >= 4 is 11.9 Å². The van der Waals surface area contributed by atoms with Gasteiger partial charge in [-0.15, -0.1) is 0 Å². The maximum absolute atomic E-state index is 12.5. The van der Waals surface area contributed by atoms with Crippen molar-refractivity contribution in [2.45, 2.75) is 12.8 Å². The summed E-state index contributed by atoms with van der Waals surface area (Å²) < 4.78 is 12.5. The Kier molecular flexibility index (Phi) is 4.44. The quantitative estimate of drug-likeness (QED) is 0.745. The molecule has 0 aliphatic rings. The molecule has 4 nitrogen and oxygen atoms in total. The van der Waals surface area contributed by atoms with Gasteiger partial charge in [0.15, 0.2) is 0 Å². The first kappa shape index (κ1) is 12.2. The van der Waals surface area contributed by atoms with Gasteiger partial charge in [-0.3, -0.25) is 9.59 Å². The predicted octanol–water partition coefficient (Wildman–Crippen LogP) is 1.42.